The SMILES string of the molecule is [c]1ccc(C2(N3CCOCC3)CCCC2)cc1. The molecule has 1 aromatic rings. The van der Waals surface area contributed by atoms with E-state index in [-0.39, 0.29) is 0 Å². The molecule has 0 unspecified atom stereocenters. The third-order valence-corrected chi connectivity index (χ3v) is 4.30. The maximum atomic E-state index is 5.49. The third-order valence-electron chi connectivity index (χ3n) is 4.30. The Balaban J connectivity index is 1.92. The van der Waals surface area contributed by atoms with Crippen molar-refractivity contribution < 1.29 is 4.74 Å². The smallest absolute Gasteiger partial charge is 0.0594 e. The highest BCUT2D eigenvalue weighted by atomic mass is 16.5. The molecule has 1 heterocycles. The second-order valence-corrected chi connectivity index (χ2v) is 5.13. The monoisotopic (exact) mass is 230 g/mol. The van der Waals surface area contributed by atoms with Crippen molar-refractivity contribution in [2.45, 2.75) is 31.2 Å². The number of morpholine rings is 1. The van der Waals surface area contributed by atoms with Gasteiger partial charge in [0.2, 0.25) is 0 Å². The van der Waals surface area contributed by atoms with E-state index in [1.54, 1.807) is 0 Å². The van der Waals surface area contributed by atoms with Crippen LogP contribution in [0.25, 0.3) is 0 Å². The number of ether oxygens (including phenoxy) is 1. The van der Waals surface area contributed by atoms with Gasteiger partial charge in [-0.15, -0.1) is 0 Å². The molecule has 0 amide bonds. The Labute approximate surface area is 104 Å². The summed E-state index contributed by atoms with van der Waals surface area (Å²) in [5, 5.41) is 0. The molecule has 0 bridgehead atoms. The molecule has 0 spiro atoms. The van der Waals surface area contributed by atoms with Gasteiger partial charge in [0.25, 0.3) is 0 Å². The largest absolute Gasteiger partial charge is 0.379 e. The van der Waals surface area contributed by atoms with E-state index in [0.717, 1.165) is 26.3 Å². The second kappa shape index (κ2) is 4.79. The number of hydrogen-bond donors (Lipinski definition) is 0. The fraction of sp³-hybridized carbons (Fsp3) is 0.600. The van der Waals surface area contributed by atoms with Crippen LogP contribution in [0.5, 0.6) is 0 Å². The van der Waals surface area contributed by atoms with E-state index in [0.29, 0.717) is 5.54 Å². The second-order valence-electron chi connectivity index (χ2n) is 5.13. The zero-order chi connectivity index (χ0) is 11.6. The minimum absolute atomic E-state index is 0.291. The molecule has 3 rings (SSSR count). The van der Waals surface area contributed by atoms with E-state index in [9.17, 15) is 0 Å². The molecule has 1 aliphatic heterocycles. The Bertz CT molecular complexity index is 350. The molecular weight excluding hydrogens is 210 g/mol. The molecule has 17 heavy (non-hydrogen) atoms. The Morgan fingerprint density at radius 3 is 2.35 bits per heavy atom. The summed E-state index contributed by atoms with van der Waals surface area (Å²) >= 11 is 0. The first-order valence-electron chi connectivity index (χ1n) is 6.71. The Hall–Kier alpha value is -0.860. The normalized spacial score (nSPS) is 24.9. The van der Waals surface area contributed by atoms with E-state index in [1.807, 2.05) is 0 Å². The van der Waals surface area contributed by atoms with Crippen LogP contribution in [0.1, 0.15) is 31.2 Å². The highest BCUT2D eigenvalue weighted by molar-refractivity contribution is 5.25. The third kappa shape index (κ3) is 2.00. The molecule has 1 radical (unpaired) electrons. The van der Waals surface area contributed by atoms with Crippen LogP contribution in [0.3, 0.4) is 0 Å². The fourth-order valence-corrected chi connectivity index (χ4v) is 3.44. The van der Waals surface area contributed by atoms with Gasteiger partial charge in [-0.2, -0.15) is 0 Å². The Morgan fingerprint density at radius 2 is 1.71 bits per heavy atom. The number of rotatable bonds is 2. The average molecular weight is 230 g/mol. The molecule has 2 nitrogen and oxygen atoms in total. The lowest BCUT2D eigenvalue weighted by molar-refractivity contribution is -0.0231. The van der Waals surface area contributed by atoms with Gasteiger partial charge in [0.15, 0.2) is 0 Å². The number of nitrogens with zero attached hydrogens (tertiary/aromatic N) is 1. The van der Waals surface area contributed by atoms with Crippen molar-refractivity contribution in [3.8, 4) is 0 Å². The summed E-state index contributed by atoms with van der Waals surface area (Å²) in [7, 11) is 0. The Morgan fingerprint density at radius 1 is 1.06 bits per heavy atom. The van der Waals surface area contributed by atoms with E-state index < -0.39 is 0 Å². The maximum absolute atomic E-state index is 5.49. The van der Waals surface area contributed by atoms with Gasteiger partial charge in [0, 0.05) is 18.6 Å². The van der Waals surface area contributed by atoms with Crippen LogP contribution in [-0.2, 0) is 10.3 Å². The van der Waals surface area contributed by atoms with Crippen LogP contribution >= 0.6 is 0 Å². The van der Waals surface area contributed by atoms with Gasteiger partial charge >= 0.3 is 0 Å². The first kappa shape index (κ1) is 11.2. The van der Waals surface area contributed by atoms with E-state index >= 15 is 0 Å². The molecule has 0 aromatic heterocycles. The van der Waals surface area contributed by atoms with Gasteiger partial charge in [-0.3, -0.25) is 4.90 Å². The van der Waals surface area contributed by atoms with Crippen molar-refractivity contribution >= 4 is 0 Å². The highest BCUT2D eigenvalue weighted by Gasteiger charge is 2.41. The van der Waals surface area contributed by atoms with Crippen LogP contribution in [0, 0.1) is 6.07 Å². The summed E-state index contributed by atoms with van der Waals surface area (Å²) < 4.78 is 5.49. The standard InChI is InChI=1S/C15H20NO/c1-2-6-14(7-3-1)15(8-4-5-9-15)16-10-12-17-13-11-16/h2-3,6-7H,4-5,8-13H2. The average Bonchev–Trinajstić information content (AvgIpc) is 2.91. The molecule has 0 atom stereocenters. The molecule has 2 aliphatic rings. The lowest BCUT2D eigenvalue weighted by Gasteiger charge is -2.44. The first-order chi connectivity index (χ1) is 8.42. The van der Waals surface area contributed by atoms with Crippen molar-refractivity contribution in [3.05, 3.63) is 35.9 Å². The van der Waals surface area contributed by atoms with Crippen LogP contribution in [0.2, 0.25) is 0 Å². The summed E-state index contributed by atoms with van der Waals surface area (Å²) in [5.74, 6) is 0. The minimum atomic E-state index is 0.291. The highest BCUT2D eigenvalue weighted by Crippen LogP contribution is 2.44. The summed E-state index contributed by atoms with van der Waals surface area (Å²) in [6.45, 7) is 3.94. The predicted molar refractivity (Wildman–Crippen MR) is 67.8 cm³/mol. The molecule has 2 heteroatoms. The summed E-state index contributed by atoms with van der Waals surface area (Å²) in [6, 6.07) is 11.7. The predicted octanol–water partition coefficient (Wildman–Crippen LogP) is 2.59. The van der Waals surface area contributed by atoms with Gasteiger partial charge in [0.05, 0.1) is 13.2 Å². The first-order valence-corrected chi connectivity index (χ1v) is 6.71. The molecule has 1 saturated carbocycles. The van der Waals surface area contributed by atoms with Gasteiger partial charge in [0.1, 0.15) is 0 Å². The quantitative estimate of drug-likeness (QED) is 0.774. The lowest BCUT2D eigenvalue weighted by Crippen LogP contribution is -2.49. The van der Waals surface area contributed by atoms with Gasteiger partial charge in [-0.05, 0) is 24.5 Å². The van der Waals surface area contributed by atoms with Crippen LogP contribution in [-0.4, -0.2) is 31.2 Å². The van der Waals surface area contributed by atoms with E-state index in [2.05, 4.69) is 35.2 Å². The van der Waals surface area contributed by atoms with Crippen LogP contribution in [0.4, 0.5) is 0 Å². The van der Waals surface area contributed by atoms with Crippen molar-refractivity contribution in [3.63, 3.8) is 0 Å². The molecule has 91 valence electrons. The molecule has 1 saturated heterocycles. The van der Waals surface area contributed by atoms with Crippen LogP contribution < -0.4 is 0 Å². The van der Waals surface area contributed by atoms with E-state index in [1.165, 1.54) is 31.2 Å². The summed E-state index contributed by atoms with van der Waals surface area (Å²) in [5.41, 5.74) is 1.77. The van der Waals surface area contributed by atoms with Gasteiger partial charge in [-0.1, -0.05) is 37.1 Å². The topological polar surface area (TPSA) is 12.5 Å². The number of benzene rings is 1. The van der Waals surface area contributed by atoms with Crippen molar-refractivity contribution in [1.29, 1.82) is 0 Å². The van der Waals surface area contributed by atoms with Crippen molar-refractivity contribution in [2.24, 2.45) is 0 Å². The van der Waals surface area contributed by atoms with Gasteiger partial charge in [-0.25, -0.2) is 0 Å². The molecular formula is C15H20NO. The lowest BCUT2D eigenvalue weighted by atomic mass is 9.86. The Kier molecular flexibility index (Phi) is 3.17. The summed E-state index contributed by atoms with van der Waals surface area (Å²) in [4.78, 5) is 2.65. The zero-order valence-electron chi connectivity index (χ0n) is 10.3. The molecule has 1 aromatic carbocycles. The maximum Gasteiger partial charge on any atom is 0.0594 e. The minimum Gasteiger partial charge on any atom is -0.379 e. The fourth-order valence-electron chi connectivity index (χ4n) is 3.44. The van der Waals surface area contributed by atoms with Crippen molar-refractivity contribution in [1.82, 2.24) is 4.90 Å². The van der Waals surface area contributed by atoms with Crippen molar-refractivity contribution in [2.75, 3.05) is 26.3 Å². The molecule has 1 aliphatic carbocycles. The van der Waals surface area contributed by atoms with Gasteiger partial charge < -0.3 is 4.74 Å². The summed E-state index contributed by atoms with van der Waals surface area (Å²) in [6.07, 6.45) is 5.32. The number of hydrogen-bond acceptors (Lipinski definition) is 2. The zero-order valence-corrected chi connectivity index (χ0v) is 10.3. The van der Waals surface area contributed by atoms with E-state index in [4.69, 9.17) is 4.74 Å². The molecule has 0 N–H and O–H groups in total. The molecule has 2 fully saturated rings. The van der Waals surface area contributed by atoms with Crippen LogP contribution in [0.15, 0.2) is 24.3 Å².